The van der Waals surface area contributed by atoms with Gasteiger partial charge in [0, 0.05) is 18.7 Å². The Balaban J connectivity index is 1.89. The molecular weight excluding hydrogens is 276 g/mol. The van der Waals surface area contributed by atoms with Gasteiger partial charge in [-0.15, -0.1) is 0 Å². The molecule has 2 N–H and O–H groups in total. The van der Waals surface area contributed by atoms with Gasteiger partial charge < -0.3 is 15.3 Å². The number of nitrogens with one attached hydrogen (secondary N) is 1. The first kappa shape index (κ1) is 16.2. The third-order valence-electron chi connectivity index (χ3n) is 3.36. The molecule has 2 rings (SSSR count). The van der Waals surface area contributed by atoms with Crippen molar-refractivity contribution < 1.29 is 9.90 Å². The predicted molar refractivity (Wildman–Crippen MR) is 87.6 cm³/mol. The monoisotopic (exact) mass is 298 g/mol. The summed E-state index contributed by atoms with van der Waals surface area (Å²) in [5.41, 5.74) is 2.55. The van der Waals surface area contributed by atoms with E-state index in [9.17, 15) is 9.90 Å². The lowest BCUT2D eigenvalue weighted by atomic mass is 10.1. The fraction of sp³-hybridized carbons (Fsp3) is 0.278. The summed E-state index contributed by atoms with van der Waals surface area (Å²) in [5.74, 6) is -0.175. The molecule has 2 aromatic carbocycles. The lowest BCUT2D eigenvalue weighted by Gasteiger charge is -2.13. The molecule has 4 heteroatoms. The summed E-state index contributed by atoms with van der Waals surface area (Å²) >= 11 is 0. The van der Waals surface area contributed by atoms with Gasteiger partial charge >= 0.3 is 0 Å². The number of aliphatic hydroxyl groups is 1. The van der Waals surface area contributed by atoms with E-state index in [0.29, 0.717) is 5.56 Å². The molecule has 0 aliphatic heterocycles. The second-order valence-electron chi connectivity index (χ2n) is 5.57. The molecule has 0 aromatic heterocycles. The Hall–Kier alpha value is -2.17. The van der Waals surface area contributed by atoms with Crippen molar-refractivity contribution in [2.45, 2.75) is 12.6 Å². The maximum absolute atomic E-state index is 12.1. The predicted octanol–water partition coefficient (Wildman–Crippen LogP) is 2.21. The molecule has 0 heterocycles. The highest BCUT2D eigenvalue weighted by Gasteiger charge is 2.10. The molecule has 2 aromatic rings. The summed E-state index contributed by atoms with van der Waals surface area (Å²) in [5, 5.41) is 12.8. The molecule has 0 fully saturated rings. The second-order valence-corrected chi connectivity index (χ2v) is 5.57. The van der Waals surface area contributed by atoms with Gasteiger partial charge in [-0.25, -0.2) is 0 Å². The van der Waals surface area contributed by atoms with Crippen LogP contribution in [0.2, 0.25) is 0 Å². The Kier molecular flexibility index (Phi) is 5.69. The summed E-state index contributed by atoms with van der Waals surface area (Å²) < 4.78 is 0. The quantitative estimate of drug-likeness (QED) is 0.860. The number of carbonyl (C=O) groups excluding carboxylic acids is 1. The standard InChI is InChI=1S/C18H22N2O2/c1-20(2)13-14-8-10-16(11-9-14)18(22)19-12-17(21)15-6-4-3-5-7-15/h3-11,17,21H,12-13H2,1-2H3,(H,19,22)/t17-/m0/s1. The average Bonchev–Trinajstić information content (AvgIpc) is 2.53. The summed E-state index contributed by atoms with van der Waals surface area (Å²) in [6.45, 7) is 1.04. The number of carbonyl (C=O) groups is 1. The lowest BCUT2D eigenvalue weighted by Crippen LogP contribution is -2.28. The molecule has 4 nitrogen and oxygen atoms in total. The maximum atomic E-state index is 12.1. The van der Waals surface area contributed by atoms with Crippen molar-refractivity contribution in [2.24, 2.45) is 0 Å². The molecule has 0 radical (unpaired) electrons. The number of nitrogens with zero attached hydrogens (tertiary/aromatic N) is 1. The Labute approximate surface area is 131 Å². The first-order valence-corrected chi connectivity index (χ1v) is 7.31. The van der Waals surface area contributed by atoms with E-state index in [2.05, 4.69) is 10.2 Å². The van der Waals surface area contributed by atoms with E-state index in [-0.39, 0.29) is 12.5 Å². The van der Waals surface area contributed by atoms with Gasteiger partial charge in [0.15, 0.2) is 0 Å². The molecule has 0 aliphatic rings. The van der Waals surface area contributed by atoms with Crippen LogP contribution in [0.5, 0.6) is 0 Å². The van der Waals surface area contributed by atoms with E-state index < -0.39 is 6.10 Å². The number of amides is 1. The van der Waals surface area contributed by atoms with Crippen LogP contribution in [0.15, 0.2) is 54.6 Å². The smallest absolute Gasteiger partial charge is 0.251 e. The van der Waals surface area contributed by atoms with E-state index in [0.717, 1.165) is 17.7 Å². The van der Waals surface area contributed by atoms with Gasteiger partial charge in [-0.2, -0.15) is 0 Å². The zero-order valence-electron chi connectivity index (χ0n) is 13.0. The van der Waals surface area contributed by atoms with Crippen molar-refractivity contribution in [3.8, 4) is 0 Å². The number of aliphatic hydroxyl groups excluding tert-OH is 1. The Morgan fingerprint density at radius 3 is 2.32 bits per heavy atom. The van der Waals surface area contributed by atoms with Crippen LogP contribution >= 0.6 is 0 Å². The van der Waals surface area contributed by atoms with Gasteiger partial charge in [-0.1, -0.05) is 42.5 Å². The highest BCUT2D eigenvalue weighted by molar-refractivity contribution is 5.94. The van der Waals surface area contributed by atoms with Crippen LogP contribution in [0, 0.1) is 0 Å². The highest BCUT2D eigenvalue weighted by Crippen LogP contribution is 2.11. The van der Waals surface area contributed by atoms with Crippen LogP contribution in [0.3, 0.4) is 0 Å². The summed E-state index contributed by atoms with van der Waals surface area (Å²) in [7, 11) is 4.01. The number of benzene rings is 2. The third-order valence-corrected chi connectivity index (χ3v) is 3.36. The van der Waals surface area contributed by atoms with Crippen LogP contribution in [0.4, 0.5) is 0 Å². The molecule has 0 aliphatic carbocycles. The van der Waals surface area contributed by atoms with Crippen LogP contribution in [-0.2, 0) is 6.54 Å². The molecule has 1 atom stereocenters. The summed E-state index contributed by atoms with van der Waals surface area (Å²) in [6.07, 6.45) is -0.696. The van der Waals surface area contributed by atoms with E-state index in [1.165, 1.54) is 0 Å². The summed E-state index contributed by atoms with van der Waals surface area (Å²) in [4.78, 5) is 14.2. The molecule has 0 unspecified atom stereocenters. The van der Waals surface area contributed by atoms with Gasteiger partial charge in [0.05, 0.1) is 6.10 Å². The van der Waals surface area contributed by atoms with Crippen molar-refractivity contribution in [2.75, 3.05) is 20.6 Å². The van der Waals surface area contributed by atoms with Crippen molar-refractivity contribution in [1.29, 1.82) is 0 Å². The van der Waals surface area contributed by atoms with Crippen LogP contribution in [-0.4, -0.2) is 36.6 Å². The number of hydrogen-bond acceptors (Lipinski definition) is 3. The minimum atomic E-state index is -0.696. The molecule has 0 saturated carbocycles. The SMILES string of the molecule is CN(C)Cc1ccc(C(=O)NC[C@H](O)c2ccccc2)cc1. The van der Waals surface area contributed by atoms with E-state index >= 15 is 0 Å². The van der Waals surface area contributed by atoms with E-state index in [1.54, 1.807) is 0 Å². The normalized spacial score (nSPS) is 12.2. The van der Waals surface area contributed by atoms with Crippen LogP contribution in [0.1, 0.15) is 27.6 Å². The van der Waals surface area contributed by atoms with Crippen molar-refractivity contribution >= 4 is 5.91 Å². The number of rotatable bonds is 6. The molecule has 0 bridgehead atoms. The van der Waals surface area contributed by atoms with Gasteiger partial charge in [0.25, 0.3) is 5.91 Å². The minimum Gasteiger partial charge on any atom is -0.387 e. The van der Waals surface area contributed by atoms with Gasteiger partial charge in [0.2, 0.25) is 0 Å². The van der Waals surface area contributed by atoms with Crippen LogP contribution < -0.4 is 5.32 Å². The molecular formula is C18H22N2O2. The Morgan fingerprint density at radius 1 is 1.09 bits per heavy atom. The molecule has 116 valence electrons. The highest BCUT2D eigenvalue weighted by atomic mass is 16.3. The molecule has 0 saturated heterocycles. The van der Waals surface area contributed by atoms with E-state index in [1.807, 2.05) is 68.7 Å². The fourth-order valence-electron chi connectivity index (χ4n) is 2.21. The summed E-state index contributed by atoms with van der Waals surface area (Å²) in [6, 6.07) is 16.8. The van der Waals surface area contributed by atoms with E-state index in [4.69, 9.17) is 0 Å². The zero-order valence-corrected chi connectivity index (χ0v) is 13.0. The Bertz CT molecular complexity index is 594. The topological polar surface area (TPSA) is 52.6 Å². The number of hydrogen-bond donors (Lipinski definition) is 2. The van der Waals surface area contributed by atoms with Gasteiger partial charge in [-0.05, 0) is 37.4 Å². The first-order valence-electron chi connectivity index (χ1n) is 7.31. The Morgan fingerprint density at radius 2 is 1.73 bits per heavy atom. The fourth-order valence-corrected chi connectivity index (χ4v) is 2.21. The molecule has 1 amide bonds. The zero-order chi connectivity index (χ0) is 15.9. The van der Waals surface area contributed by atoms with Crippen LogP contribution in [0.25, 0.3) is 0 Å². The first-order chi connectivity index (χ1) is 10.6. The van der Waals surface area contributed by atoms with Crippen molar-refractivity contribution in [3.63, 3.8) is 0 Å². The van der Waals surface area contributed by atoms with Gasteiger partial charge in [0.1, 0.15) is 0 Å². The van der Waals surface area contributed by atoms with Gasteiger partial charge in [-0.3, -0.25) is 4.79 Å². The average molecular weight is 298 g/mol. The lowest BCUT2D eigenvalue weighted by molar-refractivity contribution is 0.0916. The third kappa shape index (κ3) is 4.69. The second kappa shape index (κ2) is 7.73. The molecule has 0 spiro atoms. The van der Waals surface area contributed by atoms with Crippen molar-refractivity contribution in [1.82, 2.24) is 10.2 Å². The van der Waals surface area contributed by atoms with Crippen molar-refractivity contribution in [3.05, 3.63) is 71.3 Å². The minimum absolute atomic E-state index is 0.175. The molecule has 22 heavy (non-hydrogen) atoms. The maximum Gasteiger partial charge on any atom is 0.251 e. The largest absolute Gasteiger partial charge is 0.387 e.